The Hall–Kier alpha value is -4.13. The first kappa shape index (κ1) is 22.1. The maximum absolute atomic E-state index is 13.3. The van der Waals surface area contributed by atoms with Crippen LogP contribution in [0.1, 0.15) is 28.3 Å². The van der Waals surface area contributed by atoms with Gasteiger partial charge in [-0.2, -0.15) is 0 Å². The number of amides is 1. The first-order valence-corrected chi connectivity index (χ1v) is 10.4. The second kappa shape index (κ2) is 8.78. The Bertz CT molecular complexity index is 1270. The molecule has 7 nitrogen and oxygen atoms in total. The summed E-state index contributed by atoms with van der Waals surface area (Å²) < 4.78 is 10.7. The molecule has 168 valence electrons. The molecular formula is C26H24N2O5. The van der Waals surface area contributed by atoms with E-state index in [0.717, 1.165) is 11.1 Å². The Balaban J connectivity index is 1.98. The van der Waals surface area contributed by atoms with Gasteiger partial charge in [-0.25, -0.2) is 0 Å². The second-order valence-electron chi connectivity index (χ2n) is 7.81. The average molecular weight is 444 g/mol. The number of aliphatic hydroxyl groups is 1. The van der Waals surface area contributed by atoms with Crippen LogP contribution in [0.5, 0.6) is 11.5 Å². The number of hydrogen-bond acceptors (Lipinski definition) is 6. The van der Waals surface area contributed by atoms with Crippen LogP contribution in [0.15, 0.2) is 66.5 Å². The molecule has 4 rings (SSSR count). The van der Waals surface area contributed by atoms with Gasteiger partial charge in [0.05, 0.1) is 31.4 Å². The Morgan fingerprint density at radius 3 is 2.36 bits per heavy atom. The van der Waals surface area contributed by atoms with Crippen molar-refractivity contribution in [3.63, 3.8) is 0 Å². The van der Waals surface area contributed by atoms with E-state index in [2.05, 4.69) is 4.98 Å². The zero-order valence-electron chi connectivity index (χ0n) is 18.8. The monoisotopic (exact) mass is 444 g/mol. The summed E-state index contributed by atoms with van der Waals surface area (Å²) in [6.07, 6.45) is 3.18. The fourth-order valence-corrected chi connectivity index (χ4v) is 4.06. The van der Waals surface area contributed by atoms with E-state index in [4.69, 9.17) is 9.47 Å². The van der Waals surface area contributed by atoms with Crippen LogP contribution in [0.25, 0.3) is 5.76 Å². The molecule has 1 fully saturated rings. The van der Waals surface area contributed by atoms with Gasteiger partial charge in [-0.3, -0.25) is 19.5 Å². The predicted molar refractivity (Wildman–Crippen MR) is 124 cm³/mol. The summed E-state index contributed by atoms with van der Waals surface area (Å²) in [5.74, 6) is -0.946. The lowest BCUT2D eigenvalue weighted by Crippen LogP contribution is -2.30. The molecule has 7 heteroatoms. The Kier molecular flexibility index (Phi) is 5.87. The van der Waals surface area contributed by atoms with Gasteiger partial charge >= 0.3 is 0 Å². The molecule has 1 saturated heterocycles. The molecule has 2 aromatic carbocycles. The summed E-state index contributed by atoms with van der Waals surface area (Å²) in [5.41, 5.74) is 3.32. The molecule has 1 amide bonds. The van der Waals surface area contributed by atoms with Crippen molar-refractivity contribution in [2.24, 2.45) is 0 Å². The smallest absolute Gasteiger partial charge is 0.300 e. The third-order valence-electron chi connectivity index (χ3n) is 5.75. The summed E-state index contributed by atoms with van der Waals surface area (Å²) in [5, 5.41) is 11.3. The highest BCUT2D eigenvalue weighted by atomic mass is 16.5. The number of anilines is 1. The maximum atomic E-state index is 13.3. The number of methoxy groups -OCH3 is 2. The van der Waals surface area contributed by atoms with Crippen LogP contribution in [-0.2, 0) is 9.59 Å². The van der Waals surface area contributed by atoms with Crippen LogP contribution >= 0.6 is 0 Å². The summed E-state index contributed by atoms with van der Waals surface area (Å²) in [7, 11) is 2.98. The molecule has 0 radical (unpaired) electrons. The molecule has 0 bridgehead atoms. The van der Waals surface area contributed by atoms with Crippen molar-refractivity contribution in [1.29, 1.82) is 0 Å². The summed E-state index contributed by atoms with van der Waals surface area (Å²) in [6.45, 7) is 3.80. The number of aliphatic hydroxyl groups excluding tert-OH is 1. The molecule has 1 atom stereocenters. The van der Waals surface area contributed by atoms with Crippen molar-refractivity contribution in [3.8, 4) is 11.5 Å². The topological polar surface area (TPSA) is 89.0 Å². The largest absolute Gasteiger partial charge is 0.507 e. The number of carbonyl (C=O) groups is 2. The number of carbonyl (C=O) groups excluding carboxylic acids is 2. The first-order valence-electron chi connectivity index (χ1n) is 10.4. The van der Waals surface area contributed by atoms with E-state index in [9.17, 15) is 14.7 Å². The van der Waals surface area contributed by atoms with Crippen LogP contribution in [0.2, 0.25) is 0 Å². The van der Waals surface area contributed by atoms with E-state index >= 15 is 0 Å². The molecule has 1 aliphatic heterocycles. The van der Waals surface area contributed by atoms with Crippen molar-refractivity contribution in [2.75, 3.05) is 19.1 Å². The quantitative estimate of drug-likeness (QED) is 0.358. The zero-order valence-corrected chi connectivity index (χ0v) is 18.8. The van der Waals surface area contributed by atoms with Crippen molar-refractivity contribution in [3.05, 3.63) is 88.8 Å². The number of aryl methyl sites for hydroxylation is 2. The minimum Gasteiger partial charge on any atom is -0.507 e. The zero-order chi connectivity index (χ0) is 23.7. The lowest BCUT2D eigenvalue weighted by Gasteiger charge is -2.27. The number of benzene rings is 2. The predicted octanol–water partition coefficient (Wildman–Crippen LogP) is 4.34. The number of ketones is 1. The minimum absolute atomic E-state index is 0.0180. The van der Waals surface area contributed by atoms with Gasteiger partial charge < -0.3 is 14.6 Å². The van der Waals surface area contributed by atoms with Gasteiger partial charge in [0.2, 0.25) is 0 Å². The first-order chi connectivity index (χ1) is 15.9. The molecule has 0 saturated carbocycles. The number of Topliss-reactive ketones (excluding diaryl/α,β-unsaturated/α-hetero) is 1. The number of ether oxygens (including phenoxy) is 2. The van der Waals surface area contributed by atoms with E-state index < -0.39 is 17.7 Å². The van der Waals surface area contributed by atoms with Gasteiger partial charge in [-0.1, -0.05) is 12.1 Å². The Morgan fingerprint density at radius 2 is 1.70 bits per heavy atom. The van der Waals surface area contributed by atoms with Gasteiger partial charge in [-0.15, -0.1) is 0 Å². The highest BCUT2D eigenvalue weighted by Crippen LogP contribution is 2.44. The van der Waals surface area contributed by atoms with E-state index in [1.165, 1.54) is 19.1 Å². The minimum atomic E-state index is -0.833. The second-order valence-corrected chi connectivity index (χ2v) is 7.81. The van der Waals surface area contributed by atoms with Crippen LogP contribution in [0, 0.1) is 13.8 Å². The summed E-state index contributed by atoms with van der Waals surface area (Å²) in [4.78, 5) is 32.1. The van der Waals surface area contributed by atoms with Gasteiger partial charge in [0.25, 0.3) is 11.7 Å². The fraction of sp³-hybridized carbons (Fsp3) is 0.192. The van der Waals surface area contributed by atoms with Gasteiger partial charge in [0, 0.05) is 24.1 Å². The van der Waals surface area contributed by atoms with Gasteiger partial charge in [-0.05, 0) is 60.9 Å². The lowest BCUT2D eigenvalue weighted by atomic mass is 9.95. The third-order valence-corrected chi connectivity index (χ3v) is 5.75. The number of nitrogens with zero attached hydrogens (tertiary/aromatic N) is 2. The van der Waals surface area contributed by atoms with Crippen LogP contribution in [0.3, 0.4) is 0 Å². The van der Waals surface area contributed by atoms with Crippen LogP contribution in [-0.4, -0.2) is 36.0 Å². The third kappa shape index (κ3) is 3.82. The molecule has 1 aromatic heterocycles. The van der Waals surface area contributed by atoms with Crippen molar-refractivity contribution in [1.82, 2.24) is 4.98 Å². The molecule has 1 aliphatic rings. The van der Waals surface area contributed by atoms with Crippen molar-refractivity contribution in [2.45, 2.75) is 19.9 Å². The van der Waals surface area contributed by atoms with Crippen LogP contribution in [0.4, 0.5) is 5.69 Å². The molecule has 1 N–H and O–H groups in total. The highest BCUT2D eigenvalue weighted by Gasteiger charge is 2.47. The summed E-state index contributed by atoms with van der Waals surface area (Å²) >= 11 is 0. The molecule has 2 heterocycles. The highest BCUT2D eigenvalue weighted by molar-refractivity contribution is 6.51. The fourth-order valence-electron chi connectivity index (χ4n) is 4.06. The number of pyridine rings is 1. The molecule has 0 aliphatic carbocycles. The maximum Gasteiger partial charge on any atom is 0.300 e. The van der Waals surface area contributed by atoms with Crippen molar-refractivity contribution < 1.29 is 24.2 Å². The Labute approximate surface area is 191 Å². The average Bonchev–Trinajstić information content (AvgIpc) is 3.10. The SMILES string of the molecule is COc1ccc(/C(O)=C2/C(=O)C(=O)N(c3cc(C)ccc3C)C2c2ccncc2)c(OC)c1. The molecular weight excluding hydrogens is 420 g/mol. The van der Waals surface area contributed by atoms with Crippen LogP contribution < -0.4 is 14.4 Å². The van der Waals surface area contributed by atoms with E-state index in [1.54, 1.807) is 42.7 Å². The van der Waals surface area contributed by atoms with E-state index in [1.807, 2.05) is 32.0 Å². The number of aromatic nitrogens is 1. The standard InChI is InChI=1S/C26H24N2O5/c1-15-5-6-16(2)20(13-15)28-23(17-9-11-27-12-10-17)22(25(30)26(28)31)24(29)19-8-7-18(32-3)14-21(19)33-4/h5-14,23,29H,1-4H3/b24-22-. The Morgan fingerprint density at radius 1 is 0.970 bits per heavy atom. The van der Waals surface area contributed by atoms with Crippen molar-refractivity contribution >= 4 is 23.1 Å². The lowest BCUT2D eigenvalue weighted by molar-refractivity contribution is -0.132. The van der Waals surface area contributed by atoms with E-state index in [0.29, 0.717) is 22.7 Å². The molecule has 0 spiro atoms. The normalized spacial score (nSPS) is 17.3. The molecule has 1 unspecified atom stereocenters. The molecule has 3 aromatic rings. The number of rotatable bonds is 5. The molecule has 33 heavy (non-hydrogen) atoms. The number of hydrogen-bond donors (Lipinski definition) is 1. The van der Waals surface area contributed by atoms with Gasteiger partial charge in [0.1, 0.15) is 17.3 Å². The summed E-state index contributed by atoms with van der Waals surface area (Å²) in [6, 6.07) is 13.2. The van der Waals surface area contributed by atoms with E-state index in [-0.39, 0.29) is 16.9 Å². The van der Waals surface area contributed by atoms with Gasteiger partial charge in [0.15, 0.2) is 0 Å².